The van der Waals surface area contributed by atoms with Crippen molar-refractivity contribution in [2.24, 2.45) is 0 Å². The van der Waals surface area contributed by atoms with Gasteiger partial charge in [-0.05, 0) is 60.6 Å². The largest absolute Gasteiger partial charge is 0.388 e. The van der Waals surface area contributed by atoms with Crippen LogP contribution in [0.25, 0.3) is 0 Å². The minimum atomic E-state index is -0.443. The van der Waals surface area contributed by atoms with Crippen LogP contribution in [0.1, 0.15) is 40.5 Å². The quantitative estimate of drug-likeness (QED) is 0.911. The number of fused-ring (bicyclic) bond motifs is 1. The first-order valence-corrected chi connectivity index (χ1v) is 6.93. The van der Waals surface area contributed by atoms with Crippen molar-refractivity contribution >= 4 is 0 Å². The van der Waals surface area contributed by atoms with Crippen LogP contribution in [0.15, 0.2) is 36.5 Å². The second-order valence-corrected chi connectivity index (χ2v) is 5.41. The molecule has 0 spiro atoms. The number of hydrogen-bond acceptors (Lipinski definition) is 2. The monoisotopic (exact) mass is 253 g/mol. The van der Waals surface area contributed by atoms with Crippen LogP contribution in [0.3, 0.4) is 0 Å². The lowest BCUT2D eigenvalue weighted by molar-refractivity contribution is 0.178. The molecule has 0 saturated carbocycles. The average Bonchev–Trinajstić information content (AvgIpc) is 2.86. The van der Waals surface area contributed by atoms with Crippen LogP contribution in [0, 0.1) is 6.92 Å². The Hall–Kier alpha value is -1.67. The lowest BCUT2D eigenvalue weighted by Crippen LogP contribution is -2.03. The number of pyridine rings is 1. The van der Waals surface area contributed by atoms with Crippen LogP contribution in [-0.4, -0.2) is 10.1 Å². The van der Waals surface area contributed by atoms with Crippen molar-refractivity contribution in [3.05, 3.63) is 64.5 Å². The molecule has 0 saturated heterocycles. The number of benzene rings is 1. The predicted octanol–water partition coefficient (Wildman–Crippen LogP) is 3.15. The van der Waals surface area contributed by atoms with Gasteiger partial charge in [0, 0.05) is 18.3 Å². The van der Waals surface area contributed by atoms with E-state index in [2.05, 4.69) is 23.2 Å². The second kappa shape index (κ2) is 5.14. The molecule has 1 atom stereocenters. The Kier molecular flexibility index (Phi) is 3.34. The number of aliphatic hydroxyl groups is 1. The molecule has 1 aromatic heterocycles. The minimum Gasteiger partial charge on any atom is -0.388 e. The van der Waals surface area contributed by atoms with Crippen LogP contribution in [0.2, 0.25) is 0 Å². The third-order valence-electron chi connectivity index (χ3n) is 3.90. The lowest BCUT2D eigenvalue weighted by Gasteiger charge is -2.12. The highest BCUT2D eigenvalue weighted by atomic mass is 16.3. The van der Waals surface area contributed by atoms with Crippen molar-refractivity contribution in [1.29, 1.82) is 0 Å². The summed E-state index contributed by atoms with van der Waals surface area (Å²) in [4.78, 5) is 4.17. The molecule has 0 radical (unpaired) electrons. The first-order valence-electron chi connectivity index (χ1n) is 6.93. The van der Waals surface area contributed by atoms with Crippen molar-refractivity contribution in [1.82, 2.24) is 4.98 Å². The molecule has 2 nitrogen and oxygen atoms in total. The summed E-state index contributed by atoms with van der Waals surface area (Å²) in [7, 11) is 0. The highest BCUT2D eigenvalue weighted by molar-refractivity contribution is 5.36. The van der Waals surface area contributed by atoms with Gasteiger partial charge in [0.25, 0.3) is 0 Å². The maximum absolute atomic E-state index is 10.3. The van der Waals surface area contributed by atoms with Crippen LogP contribution >= 0.6 is 0 Å². The lowest BCUT2D eigenvalue weighted by atomic mass is 9.99. The Morgan fingerprint density at radius 2 is 2.00 bits per heavy atom. The van der Waals surface area contributed by atoms with E-state index in [-0.39, 0.29) is 0 Å². The van der Waals surface area contributed by atoms with E-state index in [0.29, 0.717) is 6.42 Å². The van der Waals surface area contributed by atoms with Gasteiger partial charge in [0.1, 0.15) is 0 Å². The van der Waals surface area contributed by atoms with Crippen molar-refractivity contribution < 1.29 is 5.11 Å². The third-order valence-corrected chi connectivity index (χ3v) is 3.90. The van der Waals surface area contributed by atoms with Gasteiger partial charge in [-0.25, -0.2) is 0 Å². The molecule has 2 heteroatoms. The van der Waals surface area contributed by atoms with Gasteiger partial charge >= 0.3 is 0 Å². The fourth-order valence-electron chi connectivity index (χ4n) is 2.87. The van der Waals surface area contributed by atoms with Gasteiger partial charge in [-0.15, -0.1) is 0 Å². The molecular weight excluding hydrogens is 234 g/mol. The predicted molar refractivity (Wildman–Crippen MR) is 76.1 cm³/mol. The van der Waals surface area contributed by atoms with E-state index in [9.17, 15) is 5.11 Å². The summed E-state index contributed by atoms with van der Waals surface area (Å²) in [6.45, 7) is 1.95. The summed E-state index contributed by atoms with van der Waals surface area (Å²) in [5.41, 5.74) is 6.08. The number of aryl methyl sites for hydroxylation is 3. The molecule has 98 valence electrons. The number of aliphatic hydroxyl groups excluding tert-OH is 1. The molecule has 1 aliphatic rings. The fourth-order valence-corrected chi connectivity index (χ4v) is 2.87. The van der Waals surface area contributed by atoms with E-state index in [1.807, 2.05) is 19.1 Å². The molecule has 0 bridgehead atoms. The van der Waals surface area contributed by atoms with Crippen LogP contribution in [-0.2, 0) is 19.3 Å². The van der Waals surface area contributed by atoms with Crippen molar-refractivity contribution in [2.75, 3.05) is 0 Å². The Balaban J connectivity index is 1.77. The maximum atomic E-state index is 10.3. The summed E-state index contributed by atoms with van der Waals surface area (Å²) < 4.78 is 0. The van der Waals surface area contributed by atoms with Gasteiger partial charge in [0.2, 0.25) is 0 Å². The van der Waals surface area contributed by atoms with Crippen molar-refractivity contribution in [3.8, 4) is 0 Å². The summed E-state index contributed by atoms with van der Waals surface area (Å²) in [5, 5.41) is 10.3. The van der Waals surface area contributed by atoms with Gasteiger partial charge < -0.3 is 5.11 Å². The zero-order valence-corrected chi connectivity index (χ0v) is 11.3. The van der Waals surface area contributed by atoms with Crippen LogP contribution < -0.4 is 0 Å². The zero-order valence-electron chi connectivity index (χ0n) is 11.3. The standard InChI is InChI=1S/C17H19NO/c1-12-9-16(7-8-18-12)17(19)11-13-5-6-14-3-2-4-15(14)10-13/h5-10,17,19H,2-4,11H2,1H3. The summed E-state index contributed by atoms with van der Waals surface area (Å²) in [6, 6.07) is 10.5. The topological polar surface area (TPSA) is 33.1 Å². The molecule has 2 aromatic rings. The second-order valence-electron chi connectivity index (χ2n) is 5.41. The fraction of sp³-hybridized carbons (Fsp3) is 0.353. The van der Waals surface area contributed by atoms with Crippen molar-refractivity contribution in [3.63, 3.8) is 0 Å². The smallest absolute Gasteiger partial charge is 0.0831 e. The normalized spacial score (nSPS) is 15.3. The maximum Gasteiger partial charge on any atom is 0.0831 e. The zero-order chi connectivity index (χ0) is 13.2. The molecule has 1 N–H and O–H groups in total. The van der Waals surface area contributed by atoms with Crippen LogP contribution in [0.5, 0.6) is 0 Å². The molecular formula is C17H19NO. The molecule has 1 aromatic carbocycles. The molecule has 0 aliphatic heterocycles. The molecule has 0 fully saturated rings. The number of aromatic nitrogens is 1. The van der Waals surface area contributed by atoms with E-state index < -0.39 is 6.10 Å². The molecule has 1 unspecified atom stereocenters. The highest BCUT2D eigenvalue weighted by Gasteiger charge is 2.13. The van der Waals surface area contributed by atoms with Crippen molar-refractivity contribution in [2.45, 2.75) is 38.7 Å². The highest BCUT2D eigenvalue weighted by Crippen LogP contribution is 2.25. The summed E-state index contributed by atoms with van der Waals surface area (Å²) >= 11 is 0. The number of nitrogens with zero attached hydrogens (tertiary/aromatic N) is 1. The average molecular weight is 253 g/mol. The Morgan fingerprint density at radius 3 is 2.84 bits per heavy atom. The first-order chi connectivity index (χ1) is 9.22. The van der Waals surface area contributed by atoms with E-state index in [1.54, 1.807) is 6.20 Å². The van der Waals surface area contributed by atoms with Crippen LogP contribution in [0.4, 0.5) is 0 Å². The summed E-state index contributed by atoms with van der Waals surface area (Å²) in [5.74, 6) is 0. The van der Waals surface area contributed by atoms with Gasteiger partial charge in [0.15, 0.2) is 0 Å². The van der Waals surface area contributed by atoms with Gasteiger partial charge in [0.05, 0.1) is 6.10 Å². The van der Waals surface area contributed by atoms with Gasteiger partial charge in [-0.2, -0.15) is 0 Å². The van der Waals surface area contributed by atoms with Gasteiger partial charge in [-0.1, -0.05) is 18.2 Å². The summed E-state index contributed by atoms with van der Waals surface area (Å²) in [6.07, 6.45) is 5.66. The molecule has 0 amide bonds. The number of rotatable bonds is 3. The third kappa shape index (κ3) is 2.69. The minimum absolute atomic E-state index is 0.443. The molecule has 19 heavy (non-hydrogen) atoms. The Bertz CT molecular complexity index is 592. The Labute approximate surface area is 114 Å². The molecule has 3 rings (SSSR count). The number of hydrogen-bond donors (Lipinski definition) is 1. The van der Waals surface area contributed by atoms with E-state index >= 15 is 0 Å². The van der Waals surface area contributed by atoms with Gasteiger partial charge in [-0.3, -0.25) is 4.98 Å². The molecule has 1 aliphatic carbocycles. The molecule has 1 heterocycles. The Morgan fingerprint density at radius 1 is 1.16 bits per heavy atom. The van der Waals surface area contributed by atoms with E-state index in [0.717, 1.165) is 11.3 Å². The SMILES string of the molecule is Cc1cc(C(O)Cc2ccc3c(c2)CCC3)ccn1. The first kappa shape index (κ1) is 12.4. The van der Waals surface area contributed by atoms with E-state index in [1.165, 1.54) is 36.0 Å². The van der Waals surface area contributed by atoms with E-state index in [4.69, 9.17) is 0 Å².